The number of esters is 1. The summed E-state index contributed by atoms with van der Waals surface area (Å²) in [7, 11) is 3.16. The van der Waals surface area contributed by atoms with Crippen molar-refractivity contribution in [1.29, 1.82) is 0 Å². The second-order valence-electron chi connectivity index (χ2n) is 4.61. The number of methoxy groups -OCH3 is 2. The quantitative estimate of drug-likeness (QED) is 0.638. The van der Waals surface area contributed by atoms with Crippen LogP contribution in [0, 0.1) is 5.41 Å². The van der Waals surface area contributed by atoms with Crippen LogP contribution in [-0.4, -0.2) is 39.4 Å². The fourth-order valence-corrected chi connectivity index (χ4v) is 1.89. The van der Waals surface area contributed by atoms with Crippen LogP contribution >= 0.6 is 0 Å². The molecule has 4 nitrogen and oxygen atoms in total. The second-order valence-corrected chi connectivity index (χ2v) is 4.61. The first-order chi connectivity index (χ1) is 7.67. The van der Waals surface area contributed by atoms with Gasteiger partial charge in [0.2, 0.25) is 0 Å². The van der Waals surface area contributed by atoms with Crippen LogP contribution in [0.15, 0.2) is 0 Å². The lowest BCUT2D eigenvalue weighted by atomic mass is 10.0. The largest absolute Gasteiger partial charge is 0.468 e. The SMILES string of the molecule is CCC(NCC1(CCOC)CC1)C(=O)OC. The molecule has 1 aliphatic carbocycles. The van der Waals surface area contributed by atoms with E-state index in [9.17, 15) is 4.79 Å². The summed E-state index contributed by atoms with van der Waals surface area (Å²) >= 11 is 0. The third kappa shape index (κ3) is 3.76. The van der Waals surface area contributed by atoms with E-state index in [0.717, 1.165) is 26.0 Å². The van der Waals surface area contributed by atoms with E-state index in [1.54, 1.807) is 7.11 Å². The van der Waals surface area contributed by atoms with E-state index < -0.39 is 0 Å². The van der Waals surface area contributed by atoms with Gasteiger partial charge in [0.25, 0.3) is 0 Å². The average Bonchev–Trinajstić information content (AvgIpc) is 3.07. The molecule has 0 spiro atoms. The number of rotatable bonds is 8. The Morgan fingerprint density at radius 1 is 1.44 bits per heavy atom. The minimum Gasteiger partial charge on any atom is -0.468 e. The minimum atomic E-state index is -0.162. The van der Waals surface area contributed by atoms with Gasteiger partial charge in [-0.15, -0.1) is 0 Å². The molecule has 1 unspecified atom stereocenters. The Morgan fingerprint density at radius 2 is 2.12 bits per heavy atom. The molecule has 0 aliphatic heterocycles. The fourth-order valence-electron chi connectivity index (χ4n) is 1.89. The summed E-state index contributed by atoms with van der Waals surface area (Å²) in [5.74, 6) is -0.162. The van der Waals surface area contributed by atoms with Crippen LogP contribution in [-0.2, 0) is 14.3 Å². The molecular formula is C12H23NO3. The topological polar surface area (TPSA) is 47.6 Å². The number of nitrogens with one attached hydrogen (secondary N) is 1. The molecular weight excluding hydrogens is 206 g/mol. The molecule has 0 aromatic carbocycles. The van der Waals surface area contributed by atoms with Crippen LogP contribution in [0.3, 0.4) is 0 Å². The van der Waals surface area contributed by atoms with Gasteiger partial charge in [-0.3, -0.25) is 4.79 Å². The summed E-state index contributed by atoms with van der Waals surface area (Å²) in [4.78, 5) is 11.4. The van der Waals surface area contributed by atoms with Gasteiger partial charge in [0, 0.05) is 20.3 Å². The molecule has 0 aromatic rings. The van der Waals surface area contributed by atoms with Crippen LogP contribution < -0.4 is 5.32 Å². The number of ether oxygens (including phenoxy) is 2. The maximum absolute atomic E-state index is 11.4. The Labute approximate surface area is 97.7 Å². The zero-order valence-electron chi connectivity index (χ0n) is 10.5. The van der Waals surface area contributed by atoms with Crippen molar-refractivity contribution in [2.45, 2.75) is 38.6 Å². The lowest BCUT2D eigenvalue weighted by Crippen LogP contribution is -2.40. The summed E-state index contributed by atoms with van der Waals surface area (Å²) in [5.41, 5.74) is 0.372. The Morgan fingerprint density at radius 3 is 2.56 bits per heavy atom. The van der Waals surface area contributed by atoms with Crippen molar-refractivity contribution in [1.82, 2.24) is 5.32 Å². The summed E-state index contributed by atoms with van der Waals surface area (Å²) in [6, 6.07) is -0.162. The molecule has 0 bridgehead atoms. The lowest BCUT2D eigenvalue weighted by molar-refractivity contribution is -0.143. The molecule has 0 aromatic heterocycles. The molecule has 16 heavy (non-hydrogen) atoms. The van der Waals surface area contributed by atoms with Gasteiger partial charge in [-0.2, -0.15) is 0 Å². The Kier molecular flexibility index (Phi) is 5.22. The highest BCUT2D eigenvalue weighted by Gasteiger charge is 2.42. The van der Waals surface area contributed by atoms with Crippen molar-refractivity contribution in [3.05, 3.63) is 0 Å². The van der Waals surface area contributed by atoms with Crippen molar-refractivity contribution in [2.75, 3.05) is 27.4 Å². The van der Waals surface area contributed by atoms with E-state index in [1.165, 1.54) is 20.0 Å². The van der Waals surface area contributed by atoms with Gasteiger partial charge in [0.05, 0.1) is 7.11 Å². The number of hydrogen-bond donors (Lipinski definition) is 1. The molecule has 1 atom stereocenters. The molecule has 0 amide bonds. The summed E-state index contributed by atoms with van der Waals surface area (Å²) < 4.78 is 9.84. The highest BCUT2D eigenvalue weighted by Crippen LogP contribution is 2.48. The minimum absolute atomic E-state index is 0.162. The number of carbonyl (C=O) groups is 1. The van der Waals surface area contributed by atoms with E-state index in [4.69, 9.17) is 9.47 Å². The standard InChI is InChI=1S/C12H23NO3/c1-4-10(11(14)16-3)13-9-12(5-6-12)7-8-15-2/h10,13H,4-9H2,1-3H3. The van der Waals surface area contributed by atoms with Crippen LogP contribution in [0.2, 0.25) is 0 Å². The van der Waals surface area contributed by atoms with E-state index in [2.05, 4.69) is 5.32 Å². The van der Waals surface area contributed by atoms with Crippen molar-refractivity contribution in [3.63, 3.8) is 0 Å². The third-order valence-electron chi connectivity index (χ3n) is 3.41. The first kappa shape index (κ1) is 13.5. The first-order valence-corrected chi connectivity index (χ1v) is 5.97. The van der Waals surface area contributed by atoms with Crippen LogP contribution in [0.5, 0.6) is 0 Å². The highest BCUT2D eigenvalue weighted by molar-refractivity contribution is 5.75. The molecule has 94 valence electrons. The lowest BCUT2D eigenvalue weighted by Gasteiger charge is -2.20. The molecule has 1 fully saturated rings. The molecule has 1 saturated carbocycles. The van der Waals surface area contributed by atoms with E-state index in [1.807, 2.05) is 6.92 Å². The molecule has 1 rings (SSSR count). The molecule has 4 heteroatoms. The molecule has 1 aliphatic rings. The van der Waals surface area contributed by atoms with Crippen LogP contribution in [0.25, 0.3) is 0 Å². The first-order valence-electron chi connectivity index (χ1n) is 5.97. The number of hydrogen-bond acceptors (Lipinski definition) is 4. The highest BCUT2D eigenvalue weighted by atomic mass is 16.5. The molecule has 0 saturated heterocycles. The predicted molar refractivity (Wildman–Crippen MR) is 62.3 cm³/mol. The Balaban J connectivity index is 2.29. The fraction of sp³-hybridized carbons (Fsp3) is 0.917. The third-order valence-corrected chi connectivity index (χ3v) is 3.41. The van der Waals surface area contributed by atoms with Crippen LogP contribution in [0.1, 0.15) is 32.6 Å². The monoisotopic (exact) mass is 229 g/mol. The molecule has 1 N–H and O–H groups in total. The van der Waals surface area contributed by atoms with Crippen molar-refractivity contribution >= 4 is 5.97 Å². The smallest absolute Gasteiger partial charge is 0.322 e. The van der Waals surface area contributed by atoms with E-state index in [0.29, 0.717) is 5.41 Å². The van der Waals surface area contributed by atoms with Gasteiger partial charge in [-0.05, 0) is 31.1 Å². The van der Waals surface area contributed by atoms with Crippen molar-refractivity contribution in [3.8, 4) is 0 Å². The van der Waals surface area contributed by atoms with Crippen molar-refractivity contribution < 1.29 is 14.3 Å². The second kappa shape index (κ2) is 6.21. The summed E-state index contributed by atoms with van der Waals surface area (Å²) in [5, 5.41) is 3.30. The summed E-state index contributed by atoms with van der Waals surface area (Å²) in [6.45, 7) is 3.68. The van der Waals surface area contributed by atoms with Gasteiger partial charge < -0.3 is 14.8 Å². The van der Waals surface area contributed by atoms with Gasteiger partial charge in [0.1, 0.15) is 6.04 Å². The van der Waals surface area contributed by atoms with Crippen molar-refractivity contribution in [2.24, 2.45) is 5.41 Å². The zero-order valence-corrected chi connectivity index (χ0v) is 10.5. The van der Waals surface area contributed by atoms with Gasteiger partial charge >= 0.3 is 5.97 Å². The Hall–Kier alpha value is -0.610. The zero-order chi connectivity index (χ0) is 12.0. The average molecular weight is 229 g/mol. The summed E-state index contributed by atoms with van der Waals surface area (Å²) in [6.07, 6.45) is 4.32. The molecule has 0 radical (unpaired) electrons. The van der Waals surface area contributed by atoms with E-state index in [-0.39, 0.29) is 12.0 Å². The van der Waals surface area contributed by atoms with Gasteiger partial charge in [0.15, 0.2) is 0 Å². The maximum atomic E-state index is 11.4. The maximum Gasteiger partial charge on any atom is 0.322 e. The van der Waals surface area contributed by atoms with Crippen LogP contribution in [0.4, 0.5) is 0 Å². The Bertz CT molecular complexity index is 226. The molecule has 0 heterocycles. The normalized spacial score (nSPS) is 19.2. The van der Waals surface area contributed by atoms with E-state index >= 15 is 0 Å². The van der Waals surface area contributed by atoms with Gasteiger partial charge in [-0.25, -0.2) is 0 Å². The predicted octanol–water partition coefficient (Wildman–Crippen LogP) is 1.34. The van der Waals surface area contributed by atoms with Gasteiger partial charge in [-0.1, -0.05) is 6.92 Å². The number of carbonyl (C=O) groups excluding carboxylic acids is 1.